The van der Waals surface area contributed by atoms with Crippen LogP contribution in [0.25, 0.3) is 10.8 Å². The lowest BCUT2D eigenvalue weighted by atomic mass is 10.0. The summed E-state index contributed by atoms with van der Waals surface area (Å²) in [4.78, 5) is 21.8. The van der Waals surface area contributed by atoms with Crippen molar-refractivity contribution >= 4 is 22.7 Å². The highest BCUT2D eigenvalue weighted by atomic mass is 16.5. The maximum Gasteiger partial charge on any atom is 0.335 e. The molecule has 0 radical (unpaired) electrons. The Morgan fingerprint density at radius 1 is 1.05 bits per heavy atom. The Morgan fingerprint density at radius 2 is 1.74 bits per heavy atom. The van der Waals surface area contributed by atoms with Gasteiger partial charge in [-0.2, -0.15) is 0 Å². The zero-order valence-corrected chi connectivity index (χ0v) is 9.45. The van der Waals surface area contributed by atoms with Crippen molar-refractivity contribution < 1.29 is 24.5 Å². The van der Waals surface area contributed by atoms with Gasteiger partial charge in [0.1, 0.15) is 0 Å². The molecule has 2 aromatic rings. The Balaban J connectivity index is 2.76. The molecule has 0 aromatic heterocycles. The van der Waals surface area contributed by atoms with Gasteiger partial charge in [-0.15, -0.1) is 5.26 Å². The van der Waals surface area contributed by atoms with E-state index in [1.54, 1.807) is 0 Å². The summed E-state index contributed by atoms with van der Waals surface area (Å²) in [5.41, 5.74) is -0.0146. The fraction of sp³-hybridized carbons (Fsp3) is 0. The molecule has 6 nitrogen and oxygen atoms in total. The molecule has 0 bridgehead atoms. The van der Waals surface area contributed by atoms with Gasteiger partial charge >= 0.3 is 11.9 Å². The third-order valence-corrected chi connectivity index (χ3v) is 2.57. The van der Waals surface area contributed by atoms with E-state index in [0.717, 1.165) is 0 Å². The van der Waals surface area contributed by atoms with Gasteiger partial charge in [0.2, 0.25) is 0 Å². The second-order valence-electron chi connectivity index (χ2n) is 3.71. The third-order valence-electron chi connectivity index (χ3n) is 2.57. The molecule has 2 aromatic carbocycles. The predicted molar refractivity (Wildman–Crippen MR) is 64.1 cm³/mol. The SMILES string of the molecule is N#COc1cc(C(=O)O)cc2ccc(C(=O)O)cc12. The third kappa shape index (κ3) is 2.30. The molecule has 2 rings (SSSR count). The molecule has 0 heterocycles. The van der Waals surface area contributed by atoms with E-state index in [4.69, 9.17) is 20.2 Å². The Hall–Kier alpha value is -3.07. The van der Waals surface area contributed by atoms with Crippen LogP contribution >= 0.6 is 0 Å². The summed E-state index contributed by atoms with van der Waals surface area (Å²) in [7, 11) is 0. The van der Waals surface area contributed by atoms with E-state index >= 15 is 0 Å². The highest BCUT2D eigenvalue weighted by Crippen LogP contribution is 2.28. The molecule has 0 unspecified atom stereocenters. The van der Waals surface area contributed by atoms with Crippen LogP contribution in [-0.4, -0.2) is 22.2 Å². The number of ether oxygens (including phenoxy) is 1. The summed E-state index contributed by atoms with van der Waals surface area (Å²) in [6.45, 7) is 0. The van der Waals surface area contributed by atoms with Gasteiger partial charge < -0.3 is 14.9 Å². The van der Waals surface area contributed by atoms with Gasteiger partial charge in [-0.25, -0.2) is 9.59 Å². The van der Waals surface area contributed by atoms with Crippen molar-refractivity contribution in [3.63, 3.8) is 0 Å². The maximum absolute atomic E-state index is 10.9. The van der Waals surface area contributed by atoms with Crippen molar-refractivity contribution in [1.82, 2.24) is 0 Å². The van der Waals surface area contributed by atoms with Crippen LogP contribution in [0, 0.1) is 11.5 Å². The zero-order chi connectivity index (χ0) is 14.0. The summed E-state index contributed by atoms with van der Waals surface area (Å²) in [5.74, 6) is -2.26. The molecule has 6 heteroatoms. The van der Waals surface area contributed by atoms with E-state index < -0.39 is 11.9 Å². The van der Waals surface area contributed by atoms with E-state index in [1.807, 2.05) is 0 Å². The minimum absolute atomic E-state index is 0.0144. The largest absolute Gasteiger partial charge is 0.478 e. The smallest absolute Gasteiger partial charge is 0.335 e. The van der Waals surface area contributed by atoms with Crippen LogP contribution in [0.15, 0.2) is 30.3 Å². The number of benzene rings is 2. The molecule has 0 aliphatic heterocycles. The first-order valence-electron chi connectivity index (χ1n) is 5.13. The van der Waals surface area contributed by atoms with Gasteiger partial charge in [0.15, 0.2) is 5.75 Å². The minimum atomic E-state index is -1.16. The molecule has 2 N–H and O–H groups in total. The van der Waals surface area contributed by atoms with E-state index in [9.17, 15) is 9.59 Å². The molecule has 0 saturated carbocycles. The van der Waals surface area contributed by atoms with Crippen LogP contribution in [0.3, 0.4) is 0 Å². The molecule has 0 aliphatic rings. The number of carboxylic acid groups (broad SMARTS) is 2. The molecule has 0 fully saturated rings. The number of carbonyl (C=O) groups is 2. The van der Waals surface area contributed by atoms with Gasteiger partial charge in [0.25, 0.3) is 6.26 Å². The molecule has 0 saturated heterocycles. The number of rotatable bonds is 3. The van der Waals surface area contributed by atoms with Gasteiger partial charge in [-0.05, 0) is 29.7 Å². The van der Waals surface area contributed by atoms with Crippen LogP contribution in [-0.2, 0) is 0 Å². The van der Waals surface area contributed by atoms with Crippen LogP contribution in [0.2, 0.25) is 0 Å². The summed E-state index contributed by atoms with van der Waals surface area (Å²) in [5, 5.41) is 27.3. The molecular formula is C13H7NO5. The van der Waals surface area contributed by atoms with E-state index in [-0.39, 0.29) is 16.9 Å². The lowest BCUT2D eigenvalue weighted by Crippen LogP contribution is -1.99. The average Bonchev–Trinajstić information content (AvgIpc) is 2.38. The number of fused-ring (bicyclic) bond motifs is 1. The van der Waals surface area contributed by atoms with E-state index in [1.165, 1.54) is 36.6 Å². The Kier molecular flexibility index (Phi) is 3.04. The molecule has 0 atom stereocenters. The summed E-state index contributed by atoms with van der Waals surface area (Å²) >= 11 is 0. The summed E-state index contributed by atoms with van der Waals surface area (Å²) in [6.07, 6.45) is 1.45. The van der Waals surface area contributed by atoms with Gasteiger partial charge in [0.05, 0.1) is 11.1 Å². The Labute approximate surface area is 107 Å². The normalized spacial score (nSPS) is 9.84. The average molecular weight is 257 g/mol. The van der Waals surface area contributed by atoms with Crippen LogP contribution in [0.4, 0.5) is 0 Å². The quantitative estimate of drug-likeness (QED) is 0.815. The highest BCUT2D eigenvalue weighted by molar-refractivity contribution is 6.00. The fourth-order valence-corrected chi connectivity index (χ4v) is 1.71. The van der Waals surface area contributed by atoms with Crippen molar-refractivity contribution in [1.29, 1.82) is 5.26 Å². The standard InChI is InChI=1S/C13H7NO5/c14-6-19-11-5-9(13(17)18)3-7-1-2-8(12(15)16)4-10(7)11/h1-5H,(H,15,16)(H,17,18). The number of nitrogens with zero attached hydrogens (tertiary/aromatic N) is 1. The van der Waals surface area contributed by atoms with Crippen LogP contribution in [0.1, 0.15) is 20.7 Å². The number of hydrogen-bond donors (Lipinski definition) is 2. The van der Waals surface area contributed by atoms with Gasteiger partial charge in [0, 0.05) is 5.39 Å². The van der Waals surface area contributed by atoms with E-state index in [0.29, 0.717) is 10.8 Å². The Bertz CT molecular complexity index is 730. The number of aromatic carboxylic acids is 2. The van der Waals surface area contributed by atoms with Crippen molar-refractivity contribution in [2.24, 2.45) is 0 Å². The van der Waals surface area contributed by atoms with Crippen LogP contribution in [0.5, 0.6) is 5.75 Å². The monoisotopic (exact) mass is 257 g/mol. The van der Waals surface area contributed by atoms with E-state index in [2.05, 4.69) is 0 Å². The molecule has 0 aliphatic carbocycles. The first kappa shape index (κ1) is 12.4. The maximum atomic E-state index is 10.9. The first-order valence-corrected chi connectivity index (χ1v) is 5.13. The molecule has 0 spiro atoms. The predicted octanol–water partition coefficient (Wildman–Crippen LogP) is 2.10. The minimum Gasteiger partial charge on any atom is -0.478 e. The van der Waals surface area contributed by atoms with Gasteiger partial charge in [-0.3, -0.25) is 0 Å². The van der Waals surface area contributed by atoms with Gasteiger partial charge in [-0.1, -0.05) is 6.07 Å². The molecule has 94 valence electrons. The molecule has 19 heavy (non-hydrogen) atoms. The number of hydrogen-bond acceptors (Lipinski definition) is 4. The molecular weight excluding hydrogens is 250 g/mol. The first-order chi connectivity index (χ1) is 9.02. The lowest BCUT2D eigenvalue weighted by Gasteiger charge is -2.06. The highest BCUT2D eigenvalue weighted by Gasteiger charge is 2.12. The summed E-state index contributed by atoms with van der Waals surface area (Å²) in [6, 6.07) is 6.71. The summed E-state index contributed by atoms with van der Waals surface area (Å²) < 4.78 is 4.69. The van der Waals surface area contributed by atoms with Crippen molar-refractivity contribution in [2.75, 3.05) is 0 Å². The number of carboxylic acids is 2. The Morgan fingerprint density at radius 3 is 2.32 bits per heavy atom. The fourth-order valence-electron chi connectivity index (χ4n) is 1.71. The van der Waals surface area contributed by atoms with Crippen molar-refractivity contribution in [2.45, 2.75) is 0 Å². The second-order valence-corrected chi connectivity index (χ2v) is 3.71. The number of nitriles is 1. The van der Waals surface area contributed by atoms with Crippen LogP contribution < -0.4 is 4.74 Å². The lowest BCUT2D eigenvalue weighted by molar-refractivity contribution is 0.0685. The zero-order valence-electron chi connectivity index (χ0n) is 9.45. The molecule has 0 amide bonds. The van der Waals surface area contributed by atoms with Crippen molar-refractivity contribution in [3.8, 4) is 12.0 Å². The van der Waals surface area contributed by atoms with Crippen molar-refractivity contribution in [3.05, 3.63) is 41.5 Å². The topological polar surface area (TPSA) is 108 Å². The second kappa shape index (κ2) is 4.66.